The molecule has 1 aliphatic heterocycles. The molecule has 0 spiro atoms. The van der Waals surface area contributed by atoms with Crippen LogP contribution in [0.15, 0.2) is 30.6 Å². The standard InChI is InChI=1S/C13H16N4O.2ClH/c18-13(16-10-4-5-14-8-10)7-11-9-17-6-2-1-3-12(17)15-11;;/h1-3,6,9-10,14H,4-5,7-8H2,(H,16,18);2*1H. The highest BCUT2D eigenvalue weighted by Crippen LogP contribution is 2.05. The topological polar surface area (TPSA) is 58.4 Å². The highest BCUT2D eigenvalue weighted by Gasteiger charge is 2.17. The molecule has 1 saturated heterocycles. The molecule has 3 rings (SSSR count). The Morgan fingerprint density at radius 1 is 1.45 bits per heavy atom. The molecule has 1 unspecified atom stereocenters. The van der Waals surface area contributed by atoms with Gasteiger partial charge in [0.2, 0.25) is 5.91 Å². The summed E-state index contributed by atoms with van der Waals surface area (Å²) in [7, 11) is 0. The number of hydrogen-bond donors (Lipinski definition) is 2. The first-order chi connectivity index (χ1) is 8.81. The van der Waals surface area contributed by atoms with E-state index in [0.717, 1.165) is 30.9 Å². The molecule has 0 aliphatic carbocycles. The molecule has 3 heterocycles. The van der Waals surface area contributed by atoms with E-state index in [1.54, 1.807) is 0 Å². The quantitative estimate of drug-likeness (QED) is 0.894. The third-order valence-corrected chi connectivity index (χ3v) is 3.18. The van der Waals surface area contributed by atoms with E-state index in [-0.39, 0.29) is 36.8 Å². The van der Waals surface area contributed by atoms with Crippen molar-refractivity contribution in [2.75, 3.05) is 13.1 Å². The Labute approximate surface area is 130 Å². The van der Waals surface area contributed by atoms with E-state index < -0.39 is 0 Å². The number of halogens is 2. The molecule has 0 radical (unpaired) electrons. The monoisotopic (exact) mass is 316 g/mol. The minimum Gasteiger partial charge on any atom is -0.352 e. The molecular weight excluding hydrogens is 299 g/mol. The summed E-state index contributed by atoms with van der Waals surface area (Å²) in [6, 6.07) is 6.09. The van der Waals surface area contributed by atoms with Gasteiger partial charge in [-0.2, -0.15) is 0 Å². The predicted octanol–water partition coefficient (Wildman–Crippen LogP) is 1.20. The number of hydrogen-bond acceptors (Lipinski definition) is 3. The lowest BCUT2D eigenvalue weighted by molar-refractivity contribution is -0.121. The van der Waals surface area contributed by atoms with Gasteiger partial charge in [-0.25, -0.2) is 4.98 Å². The van der Waals surface area contributed by atoms with Gasteiger partial charge >= 0.3 is 0 Å². The first-order valence-electron chi connectivity index (χ1n) is 6.24. The molecule has 7 heteroatoms. The SMILES string of the molecule is Cl.Cl.O=C(Cc1cn2ccccc2n1)NC1CCNC1. The Balaban J connectivity index is 0.000001000. The zero-order valence-electron chi connectivity index (χ0n) is 10.9. The van der Waals surface area contributed by atoms with Crippen molar-refractivity contribution in [2.24, 2.45) is 0 Å². The van der Waals surface area contributed by atoms with E-state index in [1.807, 2.05) is 35.0 Å². The molecule has 20 heavy (non-hydrogen) atoms. The van der Waals surface area contributed by atoms with Crippen LogP contribution in [0.3, 0.4) is 0 Å². The molecular formula is C13H18Cl2N4O. The van der Waals surface area contributed by atoms with Crippen LogP contribution in [0.2, 0.25) is 0 Å². The van der Waals surface area contributed by atoms with E-state index in [1.165, 1.54) is 0 Å². The zero-order valence-corrected chi connectivity index (χ0v) is 12.5. The maximum Gasteiger partial charge on any atom is 0.226 e. The summed E-state index contributed by atoms with van der Waals surface area (Å²) < 4.78 is 1.93. The summed E-state index contributed by atoms with van der Waals surface area (Å²) in [5.74, 6) is 0.0482. The van der Waals surface area contributed by atoms with Gasteiger partial charge in [-0.15, -0.1) is 24.8 Å². The van der Waals surface area contributed by atoms with Crippen molar-refractivity contribution >= 4 is 36.4 Å². The van der Waals surface area contributed by atoms with Gasteiger partial charge in [0.25, 0.3) is 0 Å². The number of aromatic nitrogens is 2. The number of nitrogens with zero attached hydrogens (tertiary/aromatic N) is 2. The molecule has 110 valence electrons. The number of rotatable bonds is 3. The largest absolute Gasteiger partial charge is 0.352 e. The smallest absolute Gasteiger partial charge is 0.226 e. The molecule has 1 aliphatic rings. The van der Waals surface area contributed by atoms with E-state index in [9.17, 15) is 4.79 Å². The number of carbonyl (C=O) groups is 1. The van der Waals surface area contributed by atoms with E-state index >= 15 is 0 Å². The van der Waals surface area contributed by atoms with Crippen molar-refractivity contribution in [3.8, 4) is 0 Å². The van der Waals surface area contributed by atoms with Crippen molar-refractivity contribution < 1.29 is 4.79 Å². The molecule has 1 atom stereocenters. The Bertz CT molecular complexity index is 533. The van der Waals surface area contributed by atoms with Crippen molar-refractivity contribution in [3.63, 3.8) is 0 Å². The van der Waals surface area contributed by atoms with Crippen LogP contribution in [0, 0.1) is 0 Å². The van der Waals surface area contributed by atoms with Crippen molar-refractivity contribution in [2.45, 2.75) is 18.9 Å². The normalized spacial score (nSPS) is 17.3. The maximum absolute atomic E-state index is 11.9. The van der Waals surface area contributed by atoms with Crippen LogP contribution in [0.5, 0.6) is 0 Å². The molecule has 5 nitrogen and oxygen atoms in total. The second-order valence-electron chi connectivity index (χ2n) is 4.63. The first-order valence-corrected chi connectivity index (χ1v) is 6.24. The fourth-order valence-corrected chi connectivity index (χ4v) is 2.29. The van der Waals surface area contributed by atoms with Gasteiger partial charge in [-0.05, 0) is 25.1 Å². The number of carbonyl (C=O) groups excluding carboxylic acids is 1. The zero-order chi connectivity index (χ0) is 12.4. The minimum absolute atomic E-state index is 0. The third-order valence-electron chi connectivity index (χ3n) is 3.18. The summed E-state index contributed by atoms with van der Waals surface area (Å²) in [6.07, 6.45) is 5.20. The predicted molar refractivity (Wildman–Crippen MR) is 82.8 cm³/mol. The van der Waals surface area contributed by atoms with Crippen LogP contribution < -0.4 is 10.6 Å². The van der Waals surface area contributed by atoms with Crippen molar-refractivity contribution in [3.05, 3.63) is 36.3 Å². The molecule has 2 N–H and O–H groups in total. The van der Waals surface area contributed by atoms with Crippen molar-refractivity contribution in [1.82, 2.24) is 20.0 Å². The minimum atomic E-state index is 0. The Kier molecular flexibility index (Phi) is 6.26. The maximum atomic E-state index is 11.9. The number of pyridine rings is 1. The van der Waals surface area contributed by atoms with E-state index in [2.05, 4.69) is 15.6 Å². The Morgan fingerprint density at radius 3 is 3.00 bits per heavy atom. The highest BCUT2D eigenvalue weighted by atomic mass is 35.5. The fourth-order valence-electron chi connectivity index (χ4n) is 2.29. The first kappa shape index (κ1) is 16.8. The third kappa shape index (κ3) is 3.85. The van der Waals surface area contributed by atoms with Gasteiger partial charge in [0.15, 0.2) is 0 Å². The molecule has 0 aromatic carbocycles. The summed E-state index contributed by atoms with van der Waals surface area (Å²) in [5, 5.41) is 6.25. The summed E-state index contributed by atoms with van der Waals surface area (Å²) in [5.41, 5.74) is 1.69. The summed E-state index contributed by atoms with van der Waals surface area (Å²) >= 11 is 0. The molecule has 0 bridgehead atoms. The molecule has 1 fully saturated rings. The second-order valence-corrected chi connectivity index (χ2v) is 4.63. The van der Waals surface area contributed by atoms with Crippen LogP contribution in [0.25, 0.3) is 5.65 Å². The number of nitrogens with one attached hydrogen (secondary N) is 2. The van der Waals surface area contributed by atoms with Gasteiger partial charge < -0.3 is 15.0 Å². The Hall–Kier alpha value is -1.30. The van der Waals surface area contributed by atoms with Gasteiger partial charge in [-0.3, -0.25) is 4.79 Å². The van der Waals surface area contributed by atoms with Crippen LogP contribution in [-0.4, -0.2) is 34.4 Å². The van der Waals surface area contributed by atoms with Gasteiger partial charge in [0.1, 0.15) is 5.65 Å². The van der Waals surface area contributed by atoms with E-state index in [0.29, 0.717) is 6.42 Å². The van der Waals surface area contributed by atoms with Gasteiger partial charge in [0, 0.05) is 25.0 Å². The van der Waals surface area contributed by atoms with Crippen LogP contribution in [0.4, 0.5) is 0 Å². The lowest BCUT2D eigenvalue weighted by Gasteiger charge is -2.09. The molecule has 2 aromatic heterocycles. The van der Waals surface area contributed by atoms with E-state index in [4.69, 9.17) is 0 Å². The average molecular weight is 317 g/mol. The summed E-state index contributed by atoms with van der Waals surface area (Å²) in [6.45, 7) is 1.86. The second kappa shape index (κ2) is 7.47. The number of imidazole rings is 1. The lowest BCUT2D eigenvalue weighted by atomic mass is 10.2. The highest BCUT2D eigenvalue weighted by molar-refractivity contribution is 5.85. The molecule has 2 aromatic rings. The molecule has 0 saturated carbocycles. The van der Waals surface area contributed by atoms with Gasteiger partial charge in [-0.1, -0.05) is 6.07 Å². The Morgan fingerprint density at radius 2 is 2.30 bits per heavy atom. The number of amides is 1. The van der Waals surface area contributed by atoms with Crippen LogP contribution in [0.1, 0.15) is 12.1 Å². The average Bonchev–Trinajstić information content (AvgIpc) is 2.96. The number of fused-ring (bicyclic) bond motifs is 1. The van der Waals surface area contributed by atoms with Crippen LogP contribution in [-0.2, 0) is 11.2 Å². The fraction of sp³-hybridized carbons (Fsp3) is 0.385. The van der Waals surface area contributed by atoms with Gasteiger partial charge in [0.05, 0.1) is 12.1 Å². The van der Waals surface area contributed by atoms with Crippen molar-refractivity contribution in [1.29, 1.82) is 0 Å². The lowest BCUT2D eigenvalue weighted by Crippen LogP contribution is -2.37. The molecule has 1 amide bonds. The summed E-state index contributed by atoms with van der Waals surface area (Å²) in [4.78, 5) is 16.3. The van der Waals surface area contributed by atoms with Crippen LogP contribution >= 0.6 is 24.8 Å².